The average molecular weight is 342 g/mol. The summed E-state index contributed by atoms with van der Waals surface area (Å²) in [7, 11) is 0. The van der Waals surface area contributed by atoms with Crippen molar-refractivity contribution >= 4 is 34.8 Å². The largest absolute Gasteiger partial charge is 0.317 e. The smallest absolute Gasteiger partial charge is 0.246 e. The third-order valence-electron chi connectivity index (χ3n) is 3.79. The zero-order valence-electron chi connectivity index (χ0n) is 11.8. The third-order valence-corrected chi connectivity index (χ3v) is 4.55. The average Bonchev–Trinajstić information content (AvgIpc) is 3.09. The summed E-state index contributed by atoms with van der Waals surface area (Å²) in [5.74, 6) is -0.488. The second-order valence-corrected chi connectivity index (χ2v) is 6.22. The Morgan fingerprint density at radius 2 is 2.09 bits per heavy atom. The number of anilines is 1. The minimum atomic E-state index is -0.773. The Balaban J connectivity index is 0.00000176. The number of carbonyl (C=O) groups excluding carboxylic acids is 1. The lowest BCUT2D eigenvalue weighted by molar-refractivity contribution is -0.121. The number of nitrogens with two attached hydrogens (primary N) is 1. The molecule has 4 nitrogen and oxygen atoms in total. The van der Waals surface area contributed by atoms with Crippen LogP contribution in [0.4, 0.5) is 9.52 Å². The lowest BCUT2D eigenvalue weighted by atomic mass is 9.98. The van der Waals surface area contributed by atoms with Crippen molar-refractivity contribution in [3.63, 3.8) is 0 Å². The van der Waals surface area contributed by atoms with E-state index in [2.05, 4.69) is 10.3 Å². The predicted molar refractivity (Wildman–Crippen MR) is 88.8 cm³/mol. The number of hydrogen-bond donors (Lipinski definition) is 2. The van der Waals surface area contributed by atoms with Crippen molar-refractivity contribution in [1.82, 2.24) is 4.98 Å². The minimum Gasteiger partial charge on any atom is -0.317 e. The van der Waals surface area contributed by atoms with Gasteiger partial charge in [-0.2, -0.15) is 0 Å². The molecular formula is C15H17ClFN3OS. The van der Waals surface area contributed by atoms with E-state index < -0.39 is 5.54 Å². The molecule has 7 heteroatoms. The van der Waals surface area contributed by atoms with Gasteiger partial charge in [0, 0.05) is 10.9 Å². The standard InChI is InChI=1S/C15H16FN3OS.ClH/c16-11-5-3-4-10(8-11)12-9-21-14(18-12)19-13(20)15(17)6-1-2-7-15;/h3-5,8-9H,1-2,6-7,17H2,(H,18,19,20);1H. The molecule has 1 aliphatic rings. The van der Waals surface area contributed by atoms with Gasteiger partial charge in [-0.1, -0.05) is 25.0 Å². The molecule has 1 aliphatic carbocycles. The van der Waals surface area contributed by atoms with Crippen LogP contribution in [0.2, 0.25) is 0 Å². The molecule has 1 heterocycles. The number of aromatic nitrogens is 1. The van der Waals surface area contributed by atoms with Gasteiger partial charge in [-0.3, -0.25) is 4.79 Å². The number of nitrogens with one attached hydrogen (secondary N) is 1. The Kier molecular flexibility index (Phi) is 5.16. The summed E-state index contributed by atoms with van der Waals surface area (Å²) in [5, 5.41) is 5.07. The maximum absolute atomic E-state index is 13.2. The number of hydrogen-bond acceptors (Lipinski definition) is 4. The zero-order valence-corrected chi connectivity index (χ0v) is 13.5. The molecule has 3 rings (SSSR count). The van der Waals surface area contributed by atoms with E-state index in [1.165, 1.54) is 23.5 Å². The molecule has 1 aromatic carbocycles. The number of halogens is 2. The van der Waals surface area contributed by atoms with Gasteiger partial charge in [0.15, 0.2) is 5.13 Å². The predicted octanol–water partition coefficient (Wildman–Crippen LogP) is 3.58. The maximum Gasteiger partial charge on any atom is 0.246 e. The van der Waals surface area contributed by atoms with E-state index in [0.717, 1.165) is 12.8 Å². The number of nitrogens with zero attached hydrogens (tertiary/aromatic N) is 1. The molecule has 0 aliphatic heterocycles. The highest BCUT2D eigenvalue weighted by Crippen LogP contribution is 2.30. The molecule has 118 valence electrons. The monoisotopic (exact) mass is 341 g/mol. The van der Waals surface area contributed by atoms with Crippen molar-refractivity contribution in [3.05, 3.63) is 35.5 Å². The first-order chi connectivity index (χ1) is 10.1. The molecule has 1 amide bonds. The molecule has 0 bridgehead atoms. The lowest BCUT2D eigenvalue weighted by Gasteiger charge is -2.21. The van der Waals surface area contributed by atoms with Crippen LogP contribution in [0.1, 0.15) is 25.7 Å². The van der Waals surface area contributed by atoms with Crippen molar-refractivity contribution in [2.75, 3.05) is 5.32 Å². The number of thiazole rings is 1. The van der Waals surface area contributed by atoms with Crippen molar-refractivity contribution in [3.8, 4) is 11.3 Å². The lowest BCUT2D eigenvalue weighted by Crippen LogP contribution is -2.48. The Labute approximate surface area is 138 Å². The van der Waals surface area contributed by atoms with E-state index in [1.54, 1.807) is 17.5 Å². The van der Waals surface area contributed by atoms with Crippen LogP contribution >= 0.6 is 23.7 Å². The summed E-state index contributed by atoms with van der Waals surface area (Å²) in [4.78, 5) is 16.5. The SMILES string of the molecule is Cl.NC1(C(=O)Nc2nc(-c3cccc(F)c3)cs2)CCCC1. The van der Waals surface area contributed by atoms with Crippen LogP contribution in [-0.4, -0.2) is 16.4 Å². The number of rotatable bonds is 3. The second kappa shape index (κ2) is 6.73. The minimum absolute atomic E-state index is 0. The summed E-state index contributed by atoms with van der Waals surface area (Å²) in [6, 6.07) is 6.22. The van der Waals surface area contributed by atoms with Gasteiger partial charge in [-0.05, 0) is 25.0 Å². The first-order valence-electron chi connectivity index (χ1n) is 6.89. The summed E-state index contributed by atoms with van der Waals surface area (Å²) in [5.41, 5.74) is 6.67. The Morgan fingerprint density at radius 1 is 1.36 bits per heavy atom. The quantitative estimate of drug-likeness (QED) is 0.896. The molecule has 2 aromatic rings. The summed E-state index contributed by atoms with van der Waals surface area (Å²) in [6.07, 6.45) is 3.38. The molecule has 1 saturated carbocycles. The second-order valence-electron chi connectivity index (χ2n) is 5.37. The van der Waals surface area contributed by atoms with Gasteiger partial charge in [-0.15, -0.1) is 23.7 Å². The molecule has 1 fully saturated rings. The van der Waals surface area contributed by atoms with Gasteiger partial charge < -0.3 is 11.1 Å². The Hall–Kier alpha value is -1.50. The first-order valence-corrected chi connectivity index (χ1v) is 7.77. The highest BCUT2D eigenvalue weighted by Gasteiger charge is 2.37. The number of benzene rings is 1. The number of carbonyl (C=O) groups is 1. The maximum atomic E-state index is 13.2. The van der Waals surface area contributed by atoms with E-state index in [-0.39, 0.29) is 24.1 Å². The Bertz CT molecular complexity index is 670. The topological polar surface area (TPSA) is 68.0 Å². The molecule has 0 saturated heterocycles. The highest BCUT2D eigenvalue weighted by molar-refractivity contribution is 7.14. The molecular weight excluding hydrogens is 325 g/mol. The van der Waals surface area contributed by atoms with Gasteiger partial charge in [0.1, 0.15) is 5.82 Å². The van der Waals surface area contributed by atoms with Gasteiger partial charge in [0.2, 0.25) is 5.91 Å². The molecule has 0 radical (unpaired) electrons. The van der Waals surface area contributed by atoms with E-state index in [0.29, 0.717) is 29.2 Å². The molecule has 3 N–H and O–H groups in total. The van der Waals surface area contributed by atoms with E-state index in [4.69, 9.17) is 5.73 Å². The zero-order chi connectivity index (χ0) is 14.9. The Morgan fingerprint density at radius 3 is 2.77 bits per heavy atom. The van der Waals surface area contributed by atoms with Gasteiger partial charge in [0.05, 0.1) is 11.2 Å². The molecule has 0 unspecified atom stereocenters. The fraction of sp³-hybridized carbons (Fsp3) is 0.333. The van der Waals surface area contributed by atoms with Crippen molar-refractivity contribution in [2.24, 2.45) is 5.73 Å². The molecule has 22 heavy (non-hydrogen) atoms. The third kappa shape index (κ3) is 3.45. The van der Waals surface area contributed by atoms with Crippen molar-refractivity contribution in [1.29, 1.82) is 0 Å². The van der Waals surface area contributed by atoms with E-state index in [1.807, 2.05) is 0 Å². The molecule has 0 atom stereocenters. The van der Waals surface area contributed by atoms with Crippen LogP contribution in [-0.2, 0) is 4.79 Å². The van der Waals surface area contributed by atoms with E-state index >= 15 is 0 Å². The fourth-order valence-electron chi connectivity index (χ4n) is 2.57. The number of amides is 1. The fourth-order valence-corrected chi connectivity index (χ4v) is 3.28. The molecule has 0 spiro atoms. The van der Waals surface area contributed by atoms with Crippen LogP contribution < -0.4 is 11.1 Å². The molecule has 1 aromatic heterocycles. The van der Waals surface area contributed by atoms with Crippen LogP contribution in [0.15, 0.2) is 29.6 Å². The summed E-state index contributed by atoms with van der Waals surface area (Å²) in [6.45, 7) is 0. The van der Waals surface area contributed by atoms with Crippen LogP contribution in [0.3, 0.4) is 0 Å². The summed E-state index contributed by atoms with van der Waals surface area (Å²) < 4.78 is 13.2. The van der Waals surface area contributed by atoms with E-state index in [9.17, 15) is 9.18 Å². The van der Waals surface area contributed by atoms with Crippen LogP contribution in [0.25, 0.3) is 11.3 Å². The van der Waals surface area contributed by atoms with Gasteiger partial charge in [-0.25, -0.2) is 9.37 Å². The van der Waals surface area contributed by atoms with Crippen molar-refractivity contribution < 1.29 is 9.18 Å². The highest BCUT2D eigenvalue weighted by atomic mass is 35.5. The van der Waals surface area contributed by atoms with Gasteiger partial charge in [0.25, 0.3) is 0 Å². The van der Waals surface area contributed by atoms with Crippen LogP contribution in [0.5, 0.6) is 0 Å². The normalized spacial score (nSPS) is 16.1. The summed E-state index contributed by atoms with van der Waals surface area (Å²) >= 11 is 1.32. The van der Waals surface area contributed by atoms with Crippen molar-refractivity contribution in [2.45, 2.75) is 31.2 Å². The van der Waals surface area contributed by atoms with Crippen LogP contribution in [0, 0.1) is 5.82 Å². The first kappa shape index (κ1) is 16.9. The van der Waals surface area contributed by atoms with Gasteiger partial charge >= 0.3 is 0 Å².